The second-order valence-electron chi connectivity index (χ2n) is 10.1. The Kier molecular flexibility index (Phi) is 5.47. The second-order valence-corrected chi connectivity index (χ2v) is 15.8. The Balaban J connectivity index is 3.82. The van der Waals surface area contributed by atoms with Crippen LogP contribution in [0.2, 0.25) is 13.1 Å². The summed E-state index contributed by atoms with van der Waals surface area (Å²) < 4.78 is 6.39. The lowest BCUT2D eigenvalue weighted by atomic mass is 9.75. The topological polar surface area (TPSA) is 9.23 Å². The zero-order valence-electron chi connectivity index (χ0n) is 16.9. The molecular formula is C20H35ClOSi. The molecule has 1 nitrogen and oxygen atoms in total. The molecule has 0 fully saturated rings. The highest BCUT2D eigenvalue weighted by Crippen LogP contribution is 2.44. The van der Waals surface area contributed by atoms with Crippen LogP contribution in [0.15, 0.2) is 12.1 Å². The number of hydrogen-bond donors (Lipinski definition) is 0. The number of benzene rings is 1. The molecule has 3 heteroatoms. The smallest absolute Gasteiger partial charge is 0.341 e. The Labute approximate surface area is 149 Å². The van der Waals surface area contributed by atoms with Crippen molar-refractivity contribution in [2.45, 2.75) is 91.7 Å². The maximum absolute atomic E-state index is 6.56. The van der Waals surface area contributed by atoms with Crippen LogP contribution in [0.3, 0.4) is 0 Å². The van der Waals surface area contributed by atoms with Crippen LogP contribution in [0.5, 0.6) is 5.75 Å². The van der Waals surface area contributed by atoms with E-state index >= 15 is 0 Å². The number of rotatable bonds is 2. The minimum atomic E-state index is -2.21. The average molecular weight is 355 g/mol. The lowest BCUT2D eigenvalue weighted by Gasteiger charge is -2.35. The van der Waals surface area contributed by atoms with E-state index in [-0.39, 0.29) is 16.2 Å². The van der Waals surface area contributed by atoms with Crippen molar-refractivity contribution in [3.8, 4) is 5.75 Å². The van der Waals surface area contributed by atoms with Gasteiger partial charge < -0.3 is 4.43 Å². The van der Waals surface area contributed by atoms with Crippen LogP contribution in [0.4, 0.5) is 0 Å². The summed E-state index contributed by atoms with van der Waals surface area (Å²) in [6.45, 7) is 24.3. The monoisotopic (exact) mass is 354 g/mol. The molecule has 0 radical (unpaired) electrons. The van der Waals surface area contributed by atoms with E-state index in [1.807, 2.05) is 13.1 Å². The molecule has 0 heterocycles. The van der Waals surface area contributed by atoms with Gasteiger partial charge in [-0.25, -0.2) is 0 Å². The van der Waals surface area contributed by atoms with Crippen molar-refractivity contribution in [3.63, 3.8) is 0 Å². The zero-order valence-corrected chi connectivity index (χ0v) is 18.7. The summed E-state index contributed by atoms with van der Waals surface area (Å²) in [6.07, 6.45) is 0. The lowest BCUT2D eigenvalue weighted by Crippen LogP contribution is -2.31. The van der Waals surface area contributed by atoms with Gasteiger partial charge in [0.2, 0.25) is 0 Å². The van der Waals surface area contributed by atoms with Crippen molar-refractivity contribution in [1.82, 2.24) is 0 Å². The zero-order chi connectivity index (χ0) is 18.4. The molecule has 132 valence electrons. The fourth-order valence-electron chi connectivity index (χ4n) is 2.53. The molecule has 0 saturated carbocycles. The normalized spacial score (nSPS) is 14.1. The fourth-order valence-corrected chi connectivity index (χ4v) is 3.47. The van der Waals surface area contributed by atoms with E-state index in [0.29, 0.717) is 0 Å². The van der Waals surface area contributed by atoms with E-state index in [4.69, 9.17) is 15.5 Å². The molecule has 0 atom stereocenters. The molecule has 0 bridgehead atoms. The van der Waals surface area contributed by atoms with Gasteiger partial charge in [0.1, 0.15) is 5.75 Å². The van der Waals surface area contributed by atoms with Crippen molar-refractivity contribution in [1.29, 1.82) is 0 Å². The first-order valence-electron chi connectivity index (χ1n) is 8.50. The van der Waals surface area contributed by atoms with Crippen LogP contribution >= 0.6 is 11.1 Å². The molecule has 23 heavy (non-hydrogen) atoms. The van der Waals surface area contributed by atoms with Crippen LogP contribution in [0.1, 0.15) is 79.0 Å². The molecule has 0 aliphatic rings. The van der Waals surface area contributed by atoms with E-state index in [9.17, 15) is 0 Å². The summed E-state index contributed by atoms with van der Waals surface area (Å²) in [6, 6.07) is 4.64. The molecule has 1 rings (SSSR count). The molecule has 1 aromatic carbocycles. The molecule has 0 amide bonds. The summed E-state index contributed by atoms with van der Waals surface area (Å²) in [5.41, 5.74) is 3.99. The standard InChI is InChI=1S/C20H35ClOSi/c1-18(2,3)14-12-15(19(4,5)6)17(22-23(10,11)21)16(13-14)20(7,8)9/h12-13H,1-11H3. The summed E-state index contributed by atoms with van der Waals surface area (Å²) in [4.78, 5) is 0. The highest BCUT2D eigenvalue weighted by molar-refractivity contribution is 7.15. The van der Waals surface area contributed by atoms with Gasteiger partial charge >= 0.3 is 7.63 Å². The van der Waals surface area contributed by atoms with Crippen LogP contribution < -0.4 is 4.43 Å². The molecule has 0 saturated heterocycles. The third-order valence-electron chi connectivity index (χ3n) is 3.92. The third kappa shape index (κ3) is 5.53. The van der Waals surface area contributed by atoms with Crippen molar-refractivity contribution >= 4 is 18.7 Å². The van der Waals surface area contributed by atoms with Crippen LogP contribution in [-0.4, -0.2) is 7.63 Å². The summed E-state index contributed by atoms with van der Waals surface area (Å²) in [5, 5.41) is 0. The maximum atomic E-state index is 6.56. The first-order chi connectivity index (χ1) is 9.93. The van der Waals surface area contributed by atoms with Gasteiger partial charge in [-0.1, -0.05) is 74.4 Å². The van der Waals surface area contributed by atoms with E-state index in [1.54, 1.807) is 0 Å². The van der Waals surface area contributed by atoms with Crippen molar-refractivity contribution < 1.29 is 4.43 Å². The third-order valence-corrected chi connectivity index (χ3v) is 4.84. The molecule has 0 unspecified atom stereocenters. The first kappa shape index (κ1) is 20.6. The van der Waals surface area contributed by atoms with Gasteiger partial charge in [-0.3, -0.25) is 0 Å². The molecule has 0 aromatic heterocycles. The largest absolute Gasteiger partial charge is 0.529 e. The SMILES string of the molecule is CC(C)(C)c1cc(C(C)(C)C)c(O[Si](C)(C)Cl)c(C(C)(C)C)c1. The van der Waals surface area contributed by atoms with Crippen molar-refractivity contribution in [2.75, 3.05) is 0 Å². The quantitative estimate of drug-likeness (QED) is 0.414. The van der Waals surface area contributed by atoms with Gasteiger partial charge in [-0.05, 0) is 46.0 Å². The predicted molar refractivity (Wildman–Crippen MR) is 107 cm³/mol. The molecular weight excluding hydrogens is 320 g/mol. The fraction of sp³-hybridized carbons (Fsp3) is 0.700. The maximum Gasteiger partial charge on any atom is 0.341 e. The van der Waals surface area contributed by atoms with Gasteiger partial charge in [-0.2, -0.15) is 0 Å². The Morgan fingerprint density at radius 1 is 0.739 bits per heavy atom. The predicted octanol–water partition coefficient (Wildman–Crippen LogP) is 6.90. The van der Waals surface area contributed by atoms with Gasteiger partial charge in [-0.15, -0.1) is 11.1 Å². The van der Waals surface area contributed by atoms with Gasteiger partial charge in [0.15, 0.2) is 0 Å². The van der Waals surface area contributed by atoms with Crippen molar-refractivity contribution in [2.24, 2.45) is 0 Å². The van der Waals surface area contributed by atoms with E-state index in [0.717, 1.165) is 5.75 Å². The van der Waals surface area contributed by atoms with Crippen LogP contribution in [0, 0.1) is 0 Å². The highest BCUT2D eigenvalue weighted by atomic mass is 35.6. The summed E-state index contributed by atoms with van der Waals surface area (Å²) in [5.74, 6) is 1.00. The Morgan fingerprint density at radius 2 is 1.09 bits per heavy atom. The van der Waals surface area contributed by atoms with Crippen LogP contribution in [0.25, 0.3) is 0 Å². The highest BCUT2D eigenvalue weighted by Gasteiger charge is 2.33. The second kappa shape index (κ2) is 6.11. The Morgan fingerprint density at radius 3 is 1.30 bits per heavy atom. The minimum Gasteiger partial charge on any atom is -0.529 e. The summed E-state index contributed by atoms with van der Waals surface area (Å²) in [7, 11) is -2.21. The molecule has 0 aliphatic heterocycles. The van der Waals surface area contributed by atoms with E-state index < -0.39 is 7.63 Å². The minimum absolute atomic E-state index is 0.00708. The lowest BCUT2D eigenvalue weighted by molar-refractivity contribution is 0.478. The molecule has 0 spiro atoms. The summed E-state index contributed by atoms with van der Waals surface area (Å²) >= 11 is 6.56. The van der Waals surface area contributed by atoms with E-state index in [1.165, 1.54) is 16.7 Å². The van der Waals surface area contributed by atoms with Crippen molar-refractivity contribution in [3.05, 3.63) is 28.8 Å². The molecule has 0 aliphatic carbocycles. The molecule has 0 N–H and O–H groups in total. The first-order valence-corrected chi connectivity index (χ1v) is 12.4. The van der Waals surface area contributed by atoms with Crippen LogP contribution in [-0.2, 0) is 16.2 Å². The van der Waals surface area contributed by atoms with Gasteiger partial charge in [0.25, 0.3) is 0 Å². The van der Waals surface area contributed by atoms with Gasteiger partial charge in [0, 0.05) is 0 Å². The molecule has 1 aromatic rings. The Hall–Kier alpha value is -0.473. The Bertz CT molecular complexity index is 528. The average Bonchev–Trinajstić information content (AvgIpc) is 2.21. The van der Waals surface area contributed by atoms with E-state index in [2.05, 4.69) is 74.4 Å². The van der Waals surface area contributed by atoms with Gasteiger partial charge in [0.05, 0.1) is 0 Å². The number of hydrogen-bond acceptors (Lipinski definition) is 1. The number of halogens is 1.